The molecule has 138 valence electrons. The van der Waals surface area contributed by atoms with E-state index in [2.05, 4.69) is 10.3 Å². The topological polar surface area (TPSA) is 60.5 Å². The van der Waals surface area contributed by atoms with Crippen molar-refractivity contribution >= 4 is 22.4 Å². The Morgan fingerprint density at radius 3 is 3.00 bits per heavy atom. The van der Waals surface area contributed by atoms with E-state index in [0.29, 0.717) is 29.4 Å². The van der Waals surface area contributed by atoms with Gasteiger partial charge >= 0.3 is 0 Å². The molecule has 0 aliphatic carbocycles. The summed E-state index contributed by atoms with van der Waals surface area (Å²) in [4.78, 5) is 17.0. The van der Waals surface area contributed by atoms with Gasteiger partial charge in [0.1, 0.15) is 12.4 Å². The molecule has 0 unspecified atom stereocenters. The van der Waals surface area contributed by atoms with Crippen molar-refractivity contribution in [1.82, 2.24) is 4.98 Å². The molecule has 1 N–H and O–H groups in total. The lowest BCUT2D eigenvalue weighted by Crippen LogP contribution is -2.32. The first-order valence-corrected chi connectivity index (χ1v) is 9.33. The average molecular weight is 384 g/mol. The zero-order valence-corrected chi connectivity index (χ0v) is 15.4. The molecule has 0 spiro atoms. The highest BCUT2D eigenvalue weighted by molar-refractivity contribution is 7.14. The smallest absolute Gasteiger partial charge is 0.233 e. The fourth-order valence-corrected chi connectivity index (χ4v) is 3.72. The summed E-state index contributed by atoms with van der Waals surface area (Å²) >= 11 is 1.30. The molecule has 5 nitrogen and oxygen atoms in total. The van der Waals surface area contributed by atoms with Crippen molar-refractivity contribution in [1.29, 1.82) is 0 Å². The summed E-state index contributed by atoms with van der Waals surface area (Å²) in [6, 6.07) is 12.4. The van der Waals surface area contributed by atoms with Crippen molar-refractivity contribution in [3.8, 4) is 22.8 Å². The maximum absolute atomic E-state index is 13.9. The normalized spacial score (nSPS) is 15.6. The van der Waals surface area contributed by atoms with Gasteiger partial charge in [0.05, 0.1) is 18.7 Å². The largest absolute Gasteiger partial charge is 0.494 e. The van der Waals surface area contributed by atoms with Crippen LogP contribution in [0.4, 0.5) is 9.52 Å². The quantitative estimate of drug-likeness (QED) is 0.734. The lowest BCUT2D eigenvalue weighted by atomic mass is 9.96. The maximum atomic E-state index is 13.9. The number of nitrogens with one attached hydrogen (secondary N) is 1. The number of carbonyl (C=O) groups excluding carboxylic acids is 1. The van der Waals surface area contributed by atoms with Crippen LogP contribution in [-0.2, 0) is 11.2 Å². The van der Waals surface area contributed by atoms with Gasteiger partial charge < -0.3 is 14.8 Å². The molecule has 0 radical (unpaired) electrons. The number of rotatable bonds is 4. The van der Waals surface area contributed by atoms with Crippen LogP contribution in [0.5, 0.6) is 11.5 Å². The Balaban J connectivity index is 1.45. The number of fused-ring (bicyclic) bond motifs is 1. The van der Waals surface area contributed by atoms with Crippen LogP contribution in [0, 0.1) is 11.7 Å². The van der Waals surface area contributed by atoms with Gasteiger partial charge in [0.15, 0.2) is 16.7 Å². The number of benzene rings is 2. The molecule has 3 aromatic rings. The Kier molecular flexibility index (Phi) is 4.77. The lowest BCUT2D eigenvalue weighted by Gasteiger charge is -2.24. The Morgan fingerprint density at radius 2 is 2.19 bits per heavy atom. The third kappa shape index (κ3) is 3.64. The second-order valence-electron chi connectivity index (χ2n) is 6.20. The monoisotopic (exact) mass is 384 g/mol. The minimum Gasteiger partial charge on any atom is -0.494 e. The lowest BCUT2D eigenvalue weighted by molar-refractivity contribution is -0.121. The summed E-state index contributed by atoms with van der Waals surface area (Å²) in [6.45, 7) is 0.338. The van der Waals surface area contributed by atoms with E-state index in [9.17, 15) is 9.18 Å². The van der Waals surface area contributed by atoms with E-state index in [0.717, 1.165) is 11.3 Å². The number of ether oxygens (including phenoxy) is 2. The fraction of sp³-hybridized carbons (Fsp3) is 0.200. The standard InChI is InChI=1S/C20H17FN2O3S/c1-25-18-7-6-12(9-15(18)21)16-11-27-20(22-16)23-19(24)14-8-13-4-2-3-5-17(13)26-10-14/h2-7,9,11,14H,8,10H2,1H3,(H,22,23,24)/t14-/m1/s1. The summed E-state index contributed by atoms with van der Waals surface area (Å²) in [7, 11) is 1.42. The number of hydrogen-bond acceptors (Lipinski definition) is 5. The van der Waals surface area contributed by atoms with Crippen molar-refractivity contribution in [2.24, 2.45) is 5.92 Å². The number of hydrogen-bond donors (Lipinski definition) is 1. The third-order valence-electron chi connectivity index (χ3n) is 4.43. The summed E-state index contributed by atoms with van der Waals surface area (Å²) in [6.07, 6.45) is 0.629. The molecule has 0 bridgehead atoms. The van der Waals surface area contributed by atoms with Crippen molar-refractivity contribution < 1.29 is 18.7 Å². The van der Waals surface area contributed by atoms with E-state index in [1.54, 1.807) is 17.5 Å². The number of amides is 1. The van der Waals surface area contributed by atoms with E-state index in [-0.39, 0.29) is 17.6 Å². The zero-order chi connectivity index (χ0) is 18.8. The molecule has 1 atom stereocenters. The van der Waals surface area contributed by atoms with Gasteiger partial charge in [0.25, 0.3) is 0 Å². The molecule has 4 rings (SSSR count). The van der Waals surface area contributed by atoms with Gasteiger partial charge in [0, 0.05) is 10.9 Å². The van der Waals surface area contributed by atoms with Gasteiger partial charge in [-0.2, -0.15) is 0 Å². The van der Waals surface area contributed by atoms with Gasteiger partial charge in [-0.1, -0.05) is 18.2 Å². The first-order valence-electron chi connectivity index (χ1n) is 8.45. The van der Waals surface area contributed by atoms with E-state index in [4.69, 9.17) is 9.47 Å². The molecule has 1 aliphatic heterocycles. The van der Waals surface area contributed by atoms with E-state index >= 15 is 0 Å². The third-order valence-corrected chi connectivity index (χ3v) is 5.19. The SMILES string of the molecule is COc1ccc(-c2csc(NC(=O)[C@H]3COc4ccccc4C3)n2)cc1F. The molecule has 2 heterocycles. The number of halogens is 1. The first kappa shape index (κ1) is 17.5. The van der Waals surface area contributed by atoms with Crippen LogP contribution in [0.1, 0.15) is 5.56 Å². The highest BCUT2D eigenvalue weighted by atomic mass is 32.1. The molecule has 27 heavy (non-hydrogen) atoms. The molecular weight excluding hydrogens is 367 g/mol. The number of nitrogens with zero attached hydrogens (tertiary/aromatic N) is 1. The molecule has 1 aromatic heterocycles. The van der Waals surface area contributed by atoms with E-state index in [1.165, 1.54) is 24.5 Å². The van der Waals surface area contributed by atoms with Crippen LogP contribution in [0.2, 0.25) is 0 Å². The van der Waals surface area contributed by atoms with E-state index < -0.39 is 5.82 Å². The number of para-hydroxylation sites is 1. The van der Waals surface area contributed by atoms with Gasteiger partial charge in [-0.25, -0.2) is 9.37 Å². The molecule has 1 amide bonds. The molecule has 1 aliphatic rings. The summed E-state index contributed by atoms with van der Waals surface area (Å²) in [5.41, 5.74) is 2.25. The Hall–Kier alpha value is -2.93. The van der Waals surface area contributed by atoms with Crippen LogP contribution in [-0.4, -0.2) is 24.6 Å². The number of thiazole rings is 1. The van der Waals surface area contributed by atoms with Crippen LogP contribution in [0.3, 0.4) is 0 Å². The minimum atomic E-state index is -0.452. The number of aromatic nitrogens is 1. The highest BCUT2D eigenvalue weighted by Crippen LogP contribution is 2.30. The van der Waals surface area contributed by atoms with Crippen LogP contribution < -0.4 is 14.8 Å². The van der Waals surface area contributed by atoms with Gasteiger partial charge in [-0.15, -0.1) is 11.3 Å². The van der Waals surface area contributed by atoms with Crippen molar-refractivity contribution in [2.75, 3.05) is 19.0 Å². The first-order chi connectivity index (χ1) is 13.1. The predicted octanol–water partition coefficient (Wildman–Crippen LogP) is 4.15. The molecule has 0 saturated carbocycles. The maximum Gasteiger partial charge on any atom is 0.233 e. The summed E-state index contributed by atoms with van der Waals surface area (Å²) in [5, 5.41) is 5.10. The Labute approximate surface area is 159 Å². The Morgan fingerprint density at radius 1 is 1.33 bits per heavy atom. The van der Waals surface area contributed by atoms with Crippen LogP contribution in [0.15, 0.2) is 47.8 Å². The molecule has 0 fully saturated rings. The molecule has 7 heteroatoms. The summed E-state index contributed by atoms with van der Waals surface area (Å²) in [5.74, 6) is 0.156. The van der Waals surface area contributed by atoms with E-state index in [1.807, 2.05) is 24.3 Å². The second kappa shape index (κ2) is 7.36. The molecular formula is C20H17FN2O3S. The number of carbonyl (C=O) groups is 1. The van der Waals surface area contributed by atoms with Crippen molar-refractivity contribution in [2.45, 2.75) is 6.42 Å². The zero-order valence-electron chi connectivity index (χ0n) is 14.6. The number of anilines is 1. The van der Waals surface area contributed by atoms with Crippen molar-refractivity contribution in [3.63, 3.8) is 0 Å². The Bertz CT molecular complexity index is 989. The van der Waals surface area contributed by atoms with Crippen LogP contribution >= 0.6 is 11.3 Å². The fourth-order valence-electron chi connectivity index (χ4n) is 2.99. The van der Waals surface area contributed by atoms with Crippen molar-refractivity contribution in [3.05, 3.63) is 59.2 Å². The number of methoxy groups -OCH3 is 1. The van der Waals surface area contributed by atoms with Gasteiger partial charge in [-0.05, 0) is 36.2 Å². The molecule has 2 aromatic carbocycles. The highest BCUT2D eigenvalue weighted by Gasteiger charge is 2.26. The minimum absolute atomic E-state index is 0.133. The predicted molar refractivity (Wildman–Crippen MR) is 102 cm³/mol. The molecule has 0 saturated heterocycles. The van der Waals surface area contributed by atoms with Crippen LogP contribution in [0.25, 0.3) is 11.3 Å². The summed E-state index contributed by atoms with van der Waals surface area (Å²) < 4.78 is 24.5. The second-order valence-corrected chi connectivity index (χ2v) is 7.05. The van der Waals surface area contributed by atoms with Gasteiger partial charge in [0.2, 0.25) is 5.91 Å². The average Bonchev–Trinajstić information content (AvgIpc) is 3.16. The van der Waals surface area contributed by atoms with Gasteiger partial charge in [-0.3, -0.25) is 4.79 Å².